The summed E-state index contributed by atoms with van der Waals surface area (Å²) in [6, 6.07) is 18.6. The minimum Gasteiger partial charge on any atom is -0.350 e. The number of carbonyl (C=O) groups is 1. The van der Waals surface area contributed by atoms with Crippen molar-refractivity contribution in [2.75, 3.05) is 13.1 Å². The molecule has 2 aromatic rings. The van der Waals surface area contributed by atoms with E-state index in [-0.39, 0.29) is 18.3 Å². The van der Waals surface area contributed by atoms with E-state index in [9.17, 15) is 4.79 Å². The highest BCUT2D eigenvalue weighted by Gasteiger charge is 2.23. The number of fused-ring (bicyclic) bond motifs is 1. The van der Waals surface area contributed by atoms with Gasteiger partial charge in [-0.1, -0.05) is 36.4 Å². The molecule has 0 bridgehead atoms. The minimum absolute atomic E-state index is 0. The molecule has 0 aromatic heterocycles. The normalized spacial score (nSPS) is 20.7. The molecule has 1 aliphatic heterocycles. The lowest BCUT2D eigenvalue weighted by molar-refractivity contribution is -0.117. The predicted octanol–water partition coefficient (Wildman–Crippen LogP) is 5.12. The standard InChI is InChI=1S/C27H31N3O.ClH/c28-19-23-6-10-24-15-17-30(20-25(24)18-23)16-14-22-7-11-26(12-8-22)29-27(31)13-9-21-4-2-1-3-5-21;/h1-6,9-10,13,18,22,26H,7-8,11-12,14-17,20H2,(H,29,31);1H/b13-9+;. The smallest absolute Gasteiger partial charge is 0.244 e. The number of hydrogen-bond acceptors (Lipinski definition) is 3. The van der Waals surface area contributed by atoms with E-state index in [4.69, 9.17) is 5.26 Å². The molecule has 0 atom stereocenters. The first kappa shape index (κ1) is 24.0. The number of halogens is 1. The average Bonchev–Trinajstić information content (AvgIpc) is 2.82. The fraction of sp³-hybridized carbons (Fsp3) is 0.407. The molecule has 1 N–H and O–H groups in total. The Balaban J connectivity index is 0.00000289. The Morgan fingerprint density at radius 3 is 2.62 bits per heavy atom. The second-order valence-electron chi connectivity index (χ2n) is 8.88. The molecule has 1 heterocycles. The molecule has 0 unspecified atom stereocenters. The number of benzene rings is 2. The number of amides is 1. The molecule has 5 heteroatoms. The van der Waals surface area contributed by atoms with Crippen LogP contribution >= 0.6 is 12.4 Å². The van der Waals surface area contributed by atoms with Crippen LogP contribution in [0, 0.1) is 17.2 Å². The molecule has 1 amide bonds. The molecular weight excluding hydrogens is 418 g/mol. The summed E-state index contributed by atoms with van der Waals surface area (Å²) in [6.45, 7) is 3.19. The van der Waals surface area contributed by atoms with Crippen molar-refractivity contribution in [3.63, 3.8) is 0 Å². The minimum atomic E-state index is 0. The van der Waals surface area contributed by atoms with Gasteiger partial charge in [0.05, 0.1) is 11.6 Å². The Labute approximate surface area is 197 Å². The summed E-state index contributed by atoms with van der Waals surface area (Å²) in [4.78, 5) is 14.8. The number of carbonyl (C=O) groups excluding carboxylic acids is 1. The molecule has 0 spiro atoms. The Kier molecular flexibility index (Phi) is 8.90. The van der Waals surface area contributed by atoms with Crippen molar-refractivity contribution >= 4 is 24.4 Å². The van der Waals surface area contributed by atoms with Gasteiger partial charge in [-0.05, 0) is 85.9 Å². The molecule has 1 aliphatic carbocycles. The van der Waals surface area contributed by atoms with E-state index in [1.54, 1.807) is 6.08 Å². The Hall–Kier alpha value is -2.61. The third kappa shape index (κ3) is 6.69. The van der Waals surface area contributed by atoms with Crippen LogP contribution < -0.4 is 5.32 Å². The SMILES string of the molecule is Cl.N#Cc1ccc2c(c1)CN(CCC1CCC(NC(=O)/C=C/c3ccccc3)CC1)CC2. The fourth-order valence-electron chi connectivity index (χ4n) is 4.82. The quantitative estimate of drug-likeness (QED) is 0.623. The first-order chi connectivity index (χ1) is 15.2. The number of nitrogens with one attached hydrogen (secondary N) is 1. The van der Waals surface area contributed by atoms with Gasteiger partial charge in [0.15, 0.2) is 0 Å². The van der Waals surface area contributed by atoms with Crippen LogP contribution in [0.5, 0.6) is 0 Å². The van der Waals surface area contributed by atoms with E-state index in [1.165, 1.54) is 30.4 Å². The Morgan fingerprint density at radius 2 is 1.88 bits per heavy atom. The van der Waals surface area contributed by atoms with Crippen molar-refractivity contribution in [1.82, 2.24) is 10.2 Å². The van der Waals surface area contributed by atoms with Crippen molar-refractivity contribution in [2.24, 2.45) is 5.92 Å². The van der Waals surface area contributed by atoms with Crippen LogP contribution in [0.3, 0.4) is 0 Å². The second-order valence-corrected chi connectivity index (χ2v) is 8.88. The van der Waals surface area contributed by atoms with Crippen molar-refractivity contribution in [3.8, 4) is 6.07 Å². The van der Waals surface area contributed by atoms with E-state index in [1.807, 2.05) is 42.5 Å². The predicted molar refractivity (Wildman–Crippen MR) is 131 cm³/mol. The Morgan fingerprint density at radius 1 is 1.09 bits per heavy atom. The Bertz CT molecular complexity index is 959. The zero-order chi connectivity index (χ0) is 21.5. The lowest BCUT2D eigenvalue weighted by Crippen LogP contribution is -2.37. The van der Waals surface area contributed by atoms with E-state index in [0.717, 1.165) is 55.9 Å². The third-order valence-electron chi connectivity index (χ3n) is 6.70. The van der Waals surface area contributed by atoms with E-state index in [2.05, 4.69) is 28.4 Å². The van der Waals surface area contributed by atoms with E-state index >= 15 is 0 Å². The molecule has 0 radical (unpaired) electrons. The molecule has 1 fully saturated rings. The molecule has 2 aliphatic rings. The van der Waals surface area contributed by atoms with E-state index in [0.29, 0.717) is 6.04 Å². The summed E-state index contributed by atoms with van der Waals surface area (Å²) in [6.07, 6.45) is 10.4. The van der Waals surface area contributed by atoms with Crippen LogP contribution in [0.2, 0.25) is 0 Å². The average molecular weight is 450 g/mol. The zero-order valence-electron chi connectivity index (χ0n) is 18.5. The van der Waals surface area contributed by atoms with Crippen LogP contribution in [0.4, 0.5) is 0 Å². The lowest BCUT2D eigenvalue weighted by Gasteiger charge is -2.33. The van der Waals surface area contributed by atoms with Crippen LogP contribution in [0.25, 0.3) is 6.08 Å². The number of rotatable bonds is 6. The van der Waals surface area contributed by atoms with Gasteiger partial charge in [0.2, 0.25) is 5.91 Å². The molecule has 0 saturated heterocycles. The molecule has 2 aromatic carbocycles. The van der Waals surface area contributed by atoms with Crippen molar-refractivity contribution in [3.05, 3.63) is 76.9 Å². The van der Waals surface area contributed by atoms with Crippen LogP contribution in [-0.4, -0.2) is 29.9 Å². The van der Waals surface area contributed by atoms with Crippen molar-refractivity contribution < 1.29 is 4.79 Å². The summed E-state index contributed by atoms with van der Waals surface area (Å²) < 4.78 is 0. The summed E-state index contributed by atoms with van der Waals surface area (Å²) in [7, 11) is 0. The molecule has 4 nitrogen and oxygen atoms in total. The zero-order valence-corrected chi connectivity index (χ0v) is 19.3. The van der Waals surface area contributed by atoms with Gasteiger partial charge in [0.25, 0.3) is 0 Å². The van der Waals surface area contributed by atoms with Crippen LogP contribution in [0.15, 0.2) is 54.6 Å². The van der Waals surface area contributed by atoms with Gasteiger partial charge in [0.1, 0.15) is 0 Å². The van der Waals surface area contributed by atoms with Crippen molar-refractivity contribution in [2.45, 2.75) is 51.1 Å². The van der Waals surface area contributed by atoms with Gasteiger partial charge in [-0.15, -0.1) is 12.4 Å². The van der Waals surface area contributed by atoms with Crippen molar-refractivity contribution in [1.29, 1.82) is 5.26 Å². The topological polar surface area (TPSA) is 56.1 Å². The summed E-state index contributed by atoms with van der Waals surface area (Å²) in [5.41, 5.74) is 4.53. The fourth-order valence-corrected chi connectivity index (χ4v) is 4.82. The number of nitrogens with zero attached hydrogens (tertiary/aromatic N) is 2. The van der Waals surface area contributed by atoms with Gasteiger partial charge in [-0.25, -0.2) is 0 Å². The van der Waals surface area contributed by atoms with Crippen LogP contribution in [0.1, 0.15) is 54.4 Å². The van der Waals surface area contributed by atoms with Gasteiger partial charge >= 0.3 is 0 Å². The maximum atomic E-state index is 12.2. The molecule has 32 heavy (non-hydrogen) atoms. The van der Waals surface area contributed by atoms with Gasteiger partial charge < -0.3 is 5.32 Å². The summed E-state index contributed by atoms with van der Waals surface area (Å²) in [5.74, 6) is 0.760. The second kappa shape index (κ2) is 11.9. The third-order valence-corrected chi connectivity index (χ3v) is 6.70. The first-order valence-corrected chi connectivity index (χ1v) is 11.5. The molecular formula is C27H32ClN3O. The number of nitriles is 1. The highest BCUT2D eigenvalue weighted by Crippen LogP contribution is 2.28. The highest BCUT2D eigenvalue weighted by atomic mass is 35.5. The lowest BCUT2D eigenvalue weighted by atomic mass is 9.84. The number of hydrogen-bond donors (Lipinski definition) is 1. The largest absolute Gasteiger partial charge is 0.350 e. The maximum absolute atomic E-state index is 12.2. The van der Waals surface area contributed by atoms with Crippen LogP contribution in [-0.2, 0) is 17.8 Å². The van der Waals surface area contributed by atoms with Gasteiger partial charge in [-0.3, -0.25) is 9.69 Å². The summed E-state index contributed by atoms with van der Waals surface area (Å²) >= 11 is 0. The molecule has 4 rings (SSSR count). The monoisotopic (exact) mass is 449 g/mol. The summed E-state index contributed by atoms with van der Waals surface area (Å²) in [5, 5.41) is 12.3. The van der Waals surface area contributed by atoms with E-state index < -0.39 is 0 Å². The molecule has 168 valence electrons. The highest BCUT2D eigenvalue weighted by molar-refractivity contribution is 5.91. The first-order valence-electron chi connectivity index (χ1n) is 11.5. The van der Waals surface area contributed by atoms with Gasteiger partial charge in [0, 0.05) is 25.2 Å². The molecule has 1 saturated carbocycles. The van der Waals surface area contributed by atoms with Gasteiger partial charge in [-0.2, -0.15) is 5.26 Å². The maximum Gasteiger partial charge on any atom is 0.244 e.